The van der Waals surface area contributed by atoms with E-state index in [1.54, 1.807) is 6.33 Å². The number of aliphatic imine (C=N–C) groups is 1. The van der Waals surface area contributed by atoms with E-state index in [4.69, 9.17) is 5.84 Å². The van der Waals surface area contributed by atoms with Gasteiger partial charge in [-0.2, -0.15) is 0 Å². The molecule has 0 fully saturated rings. The van der Waals surface area contributed by atoms with Crippen LogP contribution >= 0.6 is 0 Å². The summed E-state index contributed by atoms with van der Waals surface area (Å²) in [5.41, 5.74) is 2.54. The van der Waals surface area contributed by atoms with Gasteiger partial charge >= 0.3 is 0 Å². The van der Waals surface area contributed by atoms with Crippen molar-refractivity contribution in [1.82, 2.24) is 25.5 Å². The molecule has 17 heavy (non-hydrogen) atoms. The maximum Gasteiger partial charge on any atom is 0.206 e. The van der Waals surface area contributed by atoms with Crippen LogP contribution in [0.2, 0.25) is 0 Å². The van der Waals surface area contributed by atoms with E-state index < -0.39 is 0 Å². The van der Waals surface area contributed by atoms with Crippen LogP contribution in [0.4, 0.5) is 0 Å². The lowest BCUT2D eigenvalue weighted by molar-refractivity contribution is 0.613. The maximum absolute atomic E-state index is 5.38. The van der Waals surface area contributed by atoms with Crippen LogP contribution in [-0.2, 0) is 13.1 Å². The van der Waals surface area contributed by atoms with Crippen LogP contribution in [0.25, 0.3) is 0 Å². The van der Waals surface area contributed by atoms with Crippen LogP contribution in [0.15, 0.2) is 11.3 Å². The van der Waals surface area contributed by atoms with Crippen LogP contribution in [0.3, 0.4) is 0 Å². The average Bonchev–Trinajstić information content (AvgIpc) is 2.76. The van der Waals surface area contributed by atoms with Gasteiger partial charge in [0.25, 0.3) is 0 Å². The molecule has 1 rings (SSSR count). The molecule has 1 heterocycles. The van der Waals surface area contributed by atoms with Gasteiger partial charge < -0.3 is 9.88 Å². The minimum atomic E-state index is 0.457. The van der Waals surface area contributed by atoms with Gasteiger partial charge in [-0.1, -0.05) is 13.8 Å². The summed E-state index contributed by atoms with van der Waals surface area (Å²) in [6.07, 6.45) is 1.70. The van der Waals surface area contributed by atoms with Crippen molar-refractivity contribution in [2.45, 2.75) is 33.9 Å². The fourth-order valence-corrected chi connectivity index (χ4v) is 1.27. The summed E-state index contributed by atoms with van der Waals surface area (Å²) in [5, 5.41) is 11.0. The number of hydrazine groups is 1. The SMILES string of the molecule is CCn1cnnc1CN=C(NN)NCC(C)C. The molecule has 1 aromatic heterocycles. The summed E-state index contributed by atoms with van der Waals surface area (Å²) >= 11 is 0. The zero-order valence-electron chi connectivity index (χ0n) is 10.6. The summed E-state index contributed by atoms with van der Waals surface area (Å²) in [6.45, 7) is 8.39. The smallest absolute Gasteiger partial charge is 0.206 e. The topological polar surface area (TPSA) is 93.2 Å². The Balaban J connectivity index is 2.55. The van der Waals surface area contributed by atoms with E-state index in [1.807, 2.05) is 11.5 Å². The van der Waals surface area contributed by atoms with Crippen molar-refractivity contribution < 1.29 is 0 Å². The Morgan fingerprint density at radius 1 is 1.59 bits per heavy atom. The summed E-state index contributed by atoms with van der Waals surface area (Å²) in [5.74, 6) is 7.32. The number of aromatic nitrogens is 3. The molecule has 0 spiro atoms. The number of guanidine groups is 1. The Labute approximate surface area is 101 Å². The first-order valence-corrected chi connectivity index (χ1v) is 5.79. The number of hydrogen-bond acceptors (Lipinski definition) is 4. The molecule has 96 valence electrons. The van der Waals surface area contributed by atoms with Crippen molar-refractivity contribution in [3.63, 3.8) is 0 Å². The highest BCUT2D eigenvalue weighted by Gasteiger charge is 2.02. The van der Waals surface area contributed by atoms with E-state index in [-0.39, 0.29) is 0 Å². The largest absolute Gasteiger partial charge is 0.355 e. The van der Waals surface area contributed by atoms with Gasteiger partial charge in [0.1, 0.15) is 12.9 Å². The molecule has 4 N–H and O–H groups in total. The Kier molecular flexibility index (Phi) is 5.41. The van der Waals surface area contributed by atoms with Gasteiger partial charge in [0.2, 0.25) is 5.96 Å². The zero-order valence-corrected chi connectivity index (χ0v) is 10.6. The molecule has 0 atom stereocenters. The minimum absolute atomic E-state index is 0.457. The van der Waals surface area contributed by atoms with Crippen molar-refractivity contribution in [2.75, 3.05) is 6.54 Å². The second-order valence-corrected chi connectivity index (χ2v) is 4.12. The van der Waals surface area contributed by atoms with Gasteiger partial charge in [0.15, 0.2) is 5.82 Å². The first-order chi connectivity index (χ1) is 8.17. The van der Waals surface area contributed by atoms with E-state index in [1.165, 1.54) is 0 Å². The second-order valence-electron chi connectivity index (χ2n) is 4.12. The van der Waals surface area contributed by atoms with Crippen LogP contribution in [0.5, 0.6) is 0 Å². The third kappa shape index (κ3) is 4.39. The molecule has 7 heteroatoms. The minimum Gasteiger partial charge on any atom is -0.355 e. The molecule has 0 aliphatic carbocycles. The highest BCUT2D eigenvalue weighted by atomic mass is 15.3. The predicted molar refractivity (Wildman–Crippen MR) is 67.0 cm³/mol. The van der Waals surface area contributed by atoms with Crippen molar-refractivity contribution >= 4 is 5.96 Å². The molecule has 0 radical (unpaired) electrons. The molecule has 1 aromatic rings. The fraction of sp³-hybridized carbons (Fsp3) is 0.700. The standard InChI is InChI=1S/C10H21N7/c1-4-17-7-14-16-9(17)6-13-10(15-11)12-5-8(2)3/h7-8H,4-6,11H2,1-3H3,(H2,12,13,15). The molecular formula is C10H21N7. The van der Waals surface area contributed by atoms with Gasteiger partial charge in [0, 0.05) is 13.1 Å². The lowest BCUT2D eigenvalue weighted by Gasteiger charge is -2.10. The van der Waals surface area contributed by atoms with Crippen molar-refractivity contribution in [1.29, 1.82) is 0 Å². The molecule has 0 bridgehead atoms. The number of aryl methyl sites for hydroxylation is 1. The number of hydrogen-bond donors (Lipinski definition) is 3. The van der Waals surface area contributed by atoms with Gasteiger partial charge in [-0.15, -0.1) is 10.2 Å². The van der Waals surface area contributed by atoms with E-state index >= 15 is 0 Å². The Hall–Kier alpha value is -1.63. The van der Waals surface area contributed by atoms with Gasteiger partial charge in [-0.05, 0) is 12.8 Å². The highest BCUT2D eigenvalue weighted by molar-refractivity contribution is 5.79. The normalized spacial score (nSPS) is 11.9. The van der Waals surface area contributed by atoms with Crippen LogP contribution in [0, 0.1) is 5.92 Å². The van der Waals surface area contributed by atoms with E-state index in [2.05, 4.69) is 39.8 Å². The van der Waals surface area contributed by atoms with Gasteiger partial charge in [0.05, 0.1) is 0 Å². The Morgan fingerprint density at radius 3 is 2.94 bits per heavy atom. The van der Waals surface area contributed by atoms with Crippen LogP contribution < -0.4 is 16.6 Å². The number of nitrogens with two attached hydrogens (primary N) is 1. The van der Waals surface area contributed by atoms with Gasteiger partial charge in [-0.3, -0.25) is 5.43 Å². The molecule has 7 nitrogen and oxygen atoms in total. The third-order valence-electron chi connectivity index (χ3n) is 2.23. The van der Waals surface area contributed by atoms with Crippen LogP contribution in [-0.4, -0.2) is 27.3 Å². The first kappa shape index (κ1) is 13.4. The van der Waals surface area contributed by atoms with Gasteiger partial charge in [-0.25, -0.2) is 10.8 Å². The lowest BCUT2D eigenvalue weighted by atomic mass is 10.2. The number of nitrogens with one attached hydrogen (secondary N) is 2. The molecule has 0 aliphatic heterocycles. The number of nitrogens with zero attached hydrogens (tertiary/aromatic N) is 4. The summed E-state index contributed by atoms with van der Waals surface area (Å²) < 4.78 is 1.94. The summed E-state index contributed by atoms with van der Waals surface area (Å²) in [4.78, 5) is 4.31. The lowest BCUT2D eigenvalue weighted by Crippen LogP contribution is -2.43. The zero-order chi connectivity index (χ0) is 12.7. The quantitative estimate of drug-likeness (QED) is 0.288. The van der Waals surface area contributed by atoms with Crippen molar-refractivity contribution in [3.8, 4) is 0 Å². The molecule has 0 saturated heterocycles. The van der Waals surface area contributed by atoms with Crippen LogP contribution in [0.1, 0.15) is 26.6 Å². The number of rotatable bonds is 5. The van der Waals surface area contributed by atoms with E-state index in [9.17, 15) is 0 Å². The average molecular weight is 239 g/mol. The molecule has 0 aromatic carbocycles. The Bertz CT molecular complexity index is 355. The summed E-state index contributed by atoms with van der Waals surface area (Å²) in [6, 6.07) is 0. The molecule has 0 aliphatic rings. The molecule has 0 unspecified atom stereocenters. The predicted octanol–water partition coefficient (Wildman–Crippen LogP) is -0.137. The third-order valence-corrected chi connectivity index (χ3v) is 2.23. The molecular weight excluding hydrogens is 218 g/mol. The van der Waals surface area contributed by atoms with E-state index in [0.717, 1.165) is 18.9 Å². The molecule has 0 amide bonds. The summed E-state index contributed by atoms with van der Waals surface area (Å²) in [7, 11) is 0. The van der Waals surface area contributed by atoms with Crippen molar-refractivity contribution in [3.05, 3.63) is 12.2 Å². The fourth-order valence-electron chi connectivity index (χ4n) is 1.27. The first-order valence-electron chi connectivity index (χ1n) is 5.79. The van der Waals surface area contributed by atoms with Crippen molar-refractivity contribution in [2.24, 2.45) is 16.8 Å². The van der Waals surface area contributed by atoms with E-state index in [0.29, 0.717) is 18.4 Å². The maximum atomic E-state index is 5.38. The Morgan fingerprint density at radius 2 is 2.35 bits per heavy atom. The highest BCUT2D eigenvalue weighted by Crippen LogP contribution is 1.96. The second kappa shape index (κ2) is 6.85. The molecule has 0 saturated carbocycles. The monoisotopic (exact) mass is 239 g/mol.